The van der Waals surface area contributed by atoms with Crippen molar-refractivity contribution < 1.29 is 23.8 Å². The van der Waals surface area contributed by atoms with Crippen LogP contribution in [0.1, 0.15) is 13.3 Å². The van der Waals surface area contributed by atoms with Gasteiger partial charge in [0.2, 0.25) is 0 Å². The van der Waals surface area contributed by atoms with Crippen LogP contribution in [-0.2, 0) is 9.59 Å². The van der Waals surface area contributed by atoms with Crippen LogP contribution >= 0.6 is 0 Å². The Morgan fingerprint density at radius 2 is 2.21 bits per heavy atom. The van der Waals surface area contributed by atoms with Gasteiger partial charge in [0.25, 0.3) is 5.91 Å². The Kier molecular flexibility index (Phi) is 5.78. The molecule has 19 heavy (non-hydrogen) atoms. The number of amides is 1. The van der Waals surface area contributed by atoms with E-state index in [9.17, 15) is 14.0 Å². The summed E-state index contributed by atoms with van der Waals surface area (Å²) < 4.78 is 17.9. The lowest BCUT2D eigenvalue weighted by atomic mass is 10.1. The van der Waals surface area contributed by atoms with Gasteiger partial charge in [-0.1, -0.05) is 13.0 Å². The number of benzene rings is 1. The molecule has 6 heteroatoms. The van der Waals surface area contributed by atoms with Crippen molar-refractivity contribution in [3.05, 3.63) is 30.1 Å². The highest BCUT2D eigenvalue weighted by Gasteiger charge is 2.09. The summed E-state index contributed by atoms with van der Waals surface area (Å²) in [5, 5.41) is 11.1. The maximum absolute atomic E-state index is 12.8. The number of nitrogens with one attached hydrogen (secondary N) is 1. The van der Waals surface area contributed by atoms with Crippen molar-refractivity contribution in [1.82, 2.24) is 5.32 Å². The highest BCUT2D eigenvalue weighted by molar-refractivity contribution is 5.77. The van der Waals surface area contributed by atoms with Crippen LogP contribution in [0, 0.1) is 11.7 Å². The molecule has 0 heterocycles. The van der Waals surface area contributed by atoms with Crippen LogP contribution in [0.3, 0.4) is 0 Å². The molecule has 1 aromatic carbocycles. The summed E-state index contributed by atoms with van der Waals surface area (Å²) in [6.45, 7) is 1.75. The summed E-state index contributed by atoms with van der Waals surface area (Å²) in [4.78, 5) is 21.8. The summed E-state index contributed by atoms with van der Waals surface area (Å²) in [6.07, 6.45) is -0.00890. The first-order chi connectivity index (χ1) is 8.97. The number of carbonyl (C=O) groups is 2. The zero-order valence-electron chi connectivity index (χ0n) is 10.6. The Morgan fingerprint density at radius 3 is 2.84 bits per heavy atom. The number of halogens is 1. The third-order valence-corrected chi connectivity index (χ3v) is 2.34. The molecule has 1 unspecified atom stereocenters. The molecule has 0 spiro atoms. The first kappa shape index (κ1) is 14.9. The lowest BCUT2D eigenvalue weighted by Crippen LogP contribution is -2.33. The molecule has 5 nitrogen and oxygen atoms in total. The monoisotopic (exact) mass is 269 g/mol. The summed E-state index contributed by atoms with van der Waals surface area (Å²) in [7, 11) is 0. The van der Waals surface area contributed by atoms with Crippen molar-refractivity contribution in [3.63, 3.8) is 0 Å². The minimum Gasteiger partial charge on any atom is -0.484 e. The predicted octanol–water partition coefficient (Wildman–Crippen LogP) is 1.43. The van der Waals surface area contributed by atoms with Crippen LogP contribution < -0.4 is 10.1 Å². The quantitative estimate of drug-likeness (QED) is 0.785. The first-order valence-corrected chi connectivity index (χ1v) is 5.84. The van der Waals surface area contributed by atoms with Gasteiger partial charge in [0.05, 0.1) is 0 Å². The maximum Gasteiger partial charge on any atom is 0.303 e. The van der Waals surface area contributed by atoms with Crippen LogP contribution in [0.4, 0.5) is 4.39 Å². The fraction of sp³-hybridized carbons (Fsp3) is 0.385. The normalized spacial score (nSPS) is 11.7. The molecule has 0 aliphatic heterocycles. The number of hydrogen-bond acceptors (Lipinski definition) is 3. The number of hydrogen-bond donors (Lipinski definition) is 2. The Bertz CT molecular complexity index is 450. The van der Waals surface area contributed by atoms with Crippen molar-refractivity contribution in [2.24, 2.45) is 5.92 Å². The minimum atomic E-state index is -0.905. The third kappa shape index (κ3) is 6.40. The predicted molar refractivity (Wildman–Crippen MR) is 66.3 cm³/mol. The molecule has 0 aliphatic rings. The van der Waals surface area contributed by atoms with Gasteiger partial charge in [0, 0.05) is 19.0 Å². The van der Waals surface area contributed by atoms with E-state index in [1.165, 1.54) is 18.2 Å². The van der Waals surface area contributed by atoms with Gasteiger partial charge in [-0.2, -0.15) is 0 Å². The molecular formula is C13H16FNO4. The molecule has 104 valence electrons. The number of rotatable bonds is 7. The number of carboxylic acids is 1. The van der Waals surface area contributed by atoms with E-state index >= 15 is 0 Å². The van der Waals surface area contributed by atoms with E-state index in [2.05, 4.69) is 5.32 Å². The van der Waals surface area contributed by atoms with E-state index in [0.29, 0.717) is 0 Å². The lowest BCUT2D eigenvalue weighted by molar-refractivity contribution is -0.138. The van der Waals surface area contributed by atoms with Crippen LogP contribution in [-0.4, -0.2) is 30.1 Å². The summed E-state index contributed by atoms with van der Waals surface area (Å²) in [6, 6.07) is 5.49. The van der Waals surface area contributed by atoms with Gasteiger partial charge in [-0.15, -0.1) is 0 Å². The van der Waals surface area contributed by atoms with Gasteiger partial charge in [-0.25, -0.2) is 4.39 Å². The average molecular weight is 269 g/mol. The van der Waals surface area contributed by atoms with Gasteiger partial charge in [0.1, 0.15) is 11.6 Å². The number of ether oxygens (including phenoxy) is 1. The summed E-state index contributed by atoms with van der Waals surface area (Å²) in [5.74, 6) is -1.60. The molecule has 0 aliphatic carbocycles. The smallest absolute Gasteiger partial charge is 0.303 e. The van der Waals surface area contributed by atoms with Crippen molar-refractivity contribution in [3.8, 4) is 5.75 Å². The van der Waals surface area contributed by atoms with E-state index < -0.39 is 11.8 Å². The second-order valence-corrected chi connectivity index (χ2v) is 4.25. The van der Waals surface area contributed by atoms with Gasteiger partial charge in [-0.3, -0.25) is 9.59 Å². The van der Waals surface area contributed by atoms with Crippen LogP contribution in [0.15, 0.2) is 24.3 Å². The molecule has 1 aromatic rings. The summed E-state index contributed by atoms with van der Waals surface area (Å²) >= 11 is 0. The Balaban J connectivity index is 2.26. The molecule has 2 N–H and O–H groups in total. The molecule has 1 rings (SSSR count). The highest BCUT2D eigenvalue weighted by atomic mass is 19.1. The molecule has 0 aromatic heterocycles. The van der Waals surface area contributed by atoms with Gasteiger partial charge in [-0.05, 0) is 18.1 Å². The van der Waals surface area contributed by atoms with E-state index in [0.717, 1.165) is 0 Å². The van der Waals surface area contributed by atoms with E-state index in [1.807, 2.05) is 0 Å². The standard InChI is InChI=1S/C13H16FNO4/c1-9(5-13(17)18)7-15-12(16)8-19-11-4-2-3-10(14)6-11/h2-4,6,9H,5,7-8H2,1H3,(H,15,16)(H,17,18). The molecule has 1 atom stereocenters. The maximum atomic E-state index is 12.8. The van der Waals surface area contributed by atoms with Crippen LogP contribution in [0.25, 0.3) is 0 Å². The van der Waals surface area contributed by atoms with Crippen molar-refractivity contribution in [1.29, 1.82) is 0 Å². The molecule has 0 radical (unpaired) electrons. The topological polar surface area (TPSA) is 75.6 Å². The molecule has 0 saturated carbocycles. The van der Waals surface area contributed by atoms with E-state index in [1.54, 1.807) is 13.0 Å². The largest absolute Gasteiger partial charge is 0.484 e. The van der Waals surface area contributed by atoms with Gasteiger partial charge < -0.3 is 15.2 Å². The van der Waals surface area contributed by atoms with Crippen LogP contribution in [0.2, 0.25) is 0 Å². The summed E-state index contributed by atoms with van der Waals surface area (Å²) in [5.41, 5.74) is 0. The second-order valence-electron chi connectivity index (χ2n) is 4.25. The molecular weight excluding hydrogens is 253 g/mol. The molecule has 0 bridgehead atoms. The second kappa shape index (κ2) is 7.35. The van der Waals surface area contributed by atoms with Crippen molar-refractivity contribution >= 4 is 11.9 Å². The van der Waals surface area contributed by atoms with Gasteiger partial charge in [0.15, 0.2) is 6.61 Å². The number of carboxylic acid groups (broad SMARTS) is 1. The highest BCUT2D eigenvalue weighted by Crippen LogP contribution is 2.11. The molecule has 0 saturated heterocycles. The number of carbonyl (C=O) groups excluding carboxylic acids is 1. The average Bonchev–Trinajstić information content (AvgIpc) is 2.33. The zero-order chi connectivity index (χ0) is 14.3. The van der Waals surface area contributed by atoms with Gasteiger partial charge >= 0.3 is 5.97 Å². The zero-order valence-corrected chi connectivity index (χ0v) is 10.6. The van der Waals surface area contributed by atoms with Crippen molar-refractivity contribution in [2.75, 3.05) is 13.2 Å². The molecule has 0 fully saturated rings. The Morgan fingerprint density at radius 1 is 1.47 bits per heavy atom. The molecule has 1 amide bonds. The number of aliphatic carboxylic acids is 1. The fourth-order valence-electron chi connectivity index (χ4n) is 1.42. The Hall–Kier alpha value is -2.11. The fourth-order valence-corrected chi connectivity index (χ4v) is 1.42. The third-order valence-electron chi connectivity index (χ3n) is 2.34. The SMILES string of the molecule is CC(CNC(=O)COc1cccc(F)c1)CC(=O)O. The van der Waals surface area contributed by atoms with Crippen LogP contribution in [0.5, 0.6) is 5.75 Å². The van der Waals surface area contributed by atoms with E-state index in [-0.39, 0.29) is 37.1 Å². The van der Waals surface area contributed by atoms with Crippen molar-refractivity contribution in [2.45, 2.75) is 13.3 Å². The first-order valence-electron chi connectivity index (χ1n) is 5.84. The lowest BCUT2D eigenvalue weighted by Gasteiger charge is -2.11. The minimum absolute atomic E-state index is 0.00890. The Labute approximate surface area is 110 Å². The van der Waals surface area contributed by atoms with E-state index in [4.69, 9.17) is 9.84 Å².